The van der Waals surface area contributed by atoms with Crippen LogP contribution in [0.1, 0.15) is 20.3 Å². The number of hydrogen-bond donors (Lipinski definition) is 2. The second kappa shape index (κ2) is 2.58. The number of rotatable bonds is 2. The van der Waals surface area contributed by atoms with E-state index in [1.54, 1.807) is 12.4 Å². The smallest absolute Gasteiger partial charge is 0.147 e. The van der Waals surface area contributed by atoms with E-state index in [1.165, 1.54) is 6.42 Å². The molecule has 2 rings (SSSR count). The summed E-state index contributed by atoms with van der Waals surface area (Å²) in [5, 5.41) is 3.29. The van der Waals surface area contributed by atoms with Crippen LogP contribution in [0, 0.1) is 5.41 Å². The maximum atomic E-state index is 5.51. The van der Waals surface area contributed by atoms with Gasteiger partial charge < -0.3 is 11.1 Å². The number of nitrogens with two attached hydrogens (primary N) is 1. The molecule has 0 spiro atoms. The van der Waals surface area contributed by atoms with Gasteiger partial charge in [-0.15, -0.1) is 0 Å². The highest BCUT2D eigenvalue weighted by Gasteiger charge is 2.45. The van der Waals surface area contributed by atoms with Crippen molar-refractivity contribution in [3.63, 3.8) is 0 Å². The molecular formula is C9H14N4. The van der Waals surface area contributed by atoms with Crippen molar-refractivity contribution in [1.29, 1.82) is 0 Å². The third kappa shape index (κ3) is 1.71. The molecule has 3 N–H and O–H groups in total. The van der Waals surface area contributed by atoms with E-state index in [0.717, 1.165) is 5.82 Å². The molecule has 70 valence electrons. The number of nitrogens with zero attached hydrogens (tertiary/aromatic N) is 2. The number of hydrogen-bond acceptors (Lipinski definition) is 4. The van der Waals surface area contributed by atoms with Gasteiger partial charge in [0, 0.05) is 6.04 Å². The van der Waals surface area contributed by atoms with Gasteiger partial charge in [-0.1, -0.05) is 13.8 Å². The zero-order valence-electron chi connectivity index (χ0n) is 7.91. The largest absolute Gasteiger partial charge is 0.382 e. The Morgan fingerprint density at radius 1 is 1.54 bits per heavy atom. The van der Waals surface area contributed by atoms with Crippen LogP contribution in [0.15, 0.2) is 12.4 Å². The molecule has 1 aliphatic carbocycles. The fourth-order valence-electron chi connectivity index (χ4n) is 1.34. The minimum absolute atomic E-state index is 0.395. The summed E-state index contributed by atoms with van der Waals surface area (Å²) in [6, 6.07) is 0.517. The molecule has 0 aliphatic heterocycles. The lowest BCUT2D eigenvalue weighted by atomic mass is 10.2. The van der Waals surface area contributed by atoms with E-state index in [4.69, 9.17) is 5.73 Å². The van der Waals surface area contributed by atoms with Crippen LogP contribution in [-0.4, -0.2) is 16.0 Å². The lowest BCUT2D eigenvalue weighted by molar-refractivity contribution is 0.630. The van der Waals surface area contributed by atoms with Crippen LogP contribution in [0.3, 0.4) is 0 Å². The van der Waals surface area contributed by atoms with Crippen LogP contribution in [0.4, 0.5) is 11.6 Å². The molecule has 1 atom stereocenters. The van der Waals surface area contributed by atoms with Crippen LogP contribution in [0.2, 0.25) is 0 Å². The number of anilines is 2. The molecule has 0 saturated heterocycles. The molecule has 0 amide bonds. The highest BCUT2D eigenvalue weighted by atomic mass is 15.1. The van der Waals surface area contributed by atoms with Gasteiger partial charge in [-0.2, -0.15) is 0 Å². The predicted octanol–water partition coefficient (Wildman–Crippen LogP) is 1.27. The van der Waals surface area contributed by atoms with Crippen molar-refractivity contribution < 1.29 is 0 Å². The second-order valence-corrected chi connectivity index (χ2v) is 4.22. The Balaban J connectivity index is 2.03. The summed E-state index contributed by atoms with van der Waals surface area (Å²) in [6.07, 6.45) is 4.43. The Morgan fingerprint density at radius 3 is 2.77 bits per heavy atom. The Hall–Kier alpha value is -1.32. The van der Waals surface area contributed by atoms with Gasteiger partial charge in [0.25, 0.3) is 0 Å². The van der Waals surface area contributed by atoms with Crippen molar-refractivity contribution in [2.45, 2.75) is 26.3 Å². The van der Waals surface area contributed by atoms with E-state index in [9.17, 15) is 0 Å². The molecule has 1 heterocycles. The van der Waals surface area contributed by atoms with Crippen LogP contribution in [0.25, 0.3) is 0 Å². The molecule has 0 radical (unpaired) electrons. The first-order valence-corrected chi connectivity index (χ1v) is 4.42. The Labute approximate surface area is 77.6 Å². The first-order chi connectivity index (χ1) is 6.08. The van der Waals surface area contributed by atoms with Crippen molar-refractivity contribution in [2.24, 2.45) is 5.41 Å². The first-order valence-electron chi connectivity index (χ1n) is 4.42. The molecule has 4 heteroatoms. The van der Waals surface area contributed by atoms with Gasteiger partial charge in [0.15, 0.2) is 0 Å². The molecule has 0 aromatic carbocycles. The predicted molar refractivity (Wildman–Crippen MR) is 52.3 cm³/mol. The quantitative estimate of drug-likeness (QED) is 0.715. The topological polar surface area (TPSA) is 63.8 Å². The first kappa shape index (κ1) is 8.29. The Morgan fingerprint density at radius 2 is 2.23 bits per heavy atom. The second-order valence-electron chi connectivity index (χ2n) is 4.22. The normalized spacial score (nSPS) is 24.0. The molecule has 1 aromatic rings. The fourth-order valence-corrected chi connectivity index (χ4v) is 1.34. The highest BCUT2D eigenvalue weighted by Crippen LogP contribution is 2.46. The number of nitrogen functional groups attached to an aromatic ring is 1. The maximum Gasteiger partial charge on any atom is 0.147 e. The van der Waals surface area contributed by atoms with E-state index >= 15 is 0 Å². The summed E-state index contributed by atoms with van der Waals surface area (Å²) in [4.78, 5) is 8.09. The van der Waals surface area contributed by atoms with Crippen LogP contribution >= 0.6 is 0 Å². The number of aromatic nitrogens is 2. The van der Waals surface area contributed by atoms with Crippen LogP contribution in [-0.2, 0) is 0 Å². The summed E-state index contributed by atoms with van der Waals surface area (Å²) in [5.41, 5.74) is 5.90. The summed E-state index contributed by atoms with van der Waals surface area (Å²) in [7, 11) is 0. The Bertz CT molecular complexity index is 321. The van der Waals surface area contributed by atoms with E-state index < -0.39 is 0 Å². The molecule has 1 aromatic heterocycles. The minimum Gasteiger partial charge on any atom is -0.382 e. The fraction of sp³-hybridized carbons (Fsp3) is 0.556. The lowest BCUT2D eigenvalue weighted by Crippen LogP contribution is -2.10. The van der Waals surface area contributed by atoms with Gasteiger partial charge in [-0.25, -0.2) is 4.98 Å². The molecule has 4 nitrogen and oxygen atoms in total. The molecule has 13 heavy (non-hydrogen) atoms. The molecule has 1 saturated carbocycles. The van der Waals surface area contributed by atoms with Gasteiger partial charge in [0.1, 0.15) is 11.6 Å². The summed E-state index contributed by atoms with van der Waals surface area (Å²) < 4.78 is 0. The average Bonchev–Trinajstić information content (AvgIpc) is 2.58. The minimum atomic E-state index is 0.395. The summed E-state index contributed by atoms with van der Waals surface area (Å²) in [5.74, 6) is 1.24. The van der Waals surface area contributed by atoms with Gasteiger partial charge in [-0.05, 0) is 11.8 Å². The molecular weight excluding hydrogens is 164 g/mol. The van der Waals surface area contributed by atoms with Crippen molar-refractivity contribution in [3.05, 3.63) is 12.4 Å². The van der Waals surface area contributed by atoms with Crippen molar-refractivity contribution >= 4 is 11.6 Å². The monoisotopic (exact) mass is 178 g/mol. The maximum absolute atomic E-state index is 5.51. The SMILES string of the molecule is CC1(C)CC1Nc1cncc(N)n1. The van der Waals surface area contributed by atoms with E-state index in [0.29, 0.717) is 17.3 Å². The molecule has 0 bridgehead atoms. The third-order valence-corrected chi connectivity index (χ3v) is 2.49. The number of nitrogens with one attached hydrogen (secondary N) is 1. The lowest BCUT2D eigenvalue weighted by Gasteiger charge is -2.06. The van der Waals surface area contributed by atoms with Crippen molar-refractivity contribution in [1.82, 2.24) is 9.97 Å². The Kier molecular flexibility index (Phi) is 1.65. The zero-order valence-corrected chi connectivity index (χ0v) is 7.91. The molecule has 1 unspecified atom stereocenters. The van der Waals surface area contributed by atoms with E-state index in [1.807, 2.05) is 0 Å². The van der Waals surface area contributed by atoms with Gasteiger partial charge >= 0.3 is 0 Å². The van der Waals surface area contributed by atoms with Gasteiger partial charge in [0.05, 0.1) is 12.4 Å². The zero-order chi connectivity index (χ0) is 9.47. The highest BCUT2D eigenvalue weighted by molar-refractivity contribution is 5.41. The van der Waals surface area contributed by atoms with Crippen molar-refractivity contribution in [2.75, 3.05) is 11.1 Å². The molecule has 1 fully saturated rings. The van der Waals surface area contributed by atoms with E-state index in [-0.39, 0.29) is 0 Å². The summed E-state index contributed by atoms with van der Waals surface area (Å²) in [6.45, 7) is 4.45. The summed E-state index contributed by atoms with van der Waals surface area (Å²) >= 11 is 0. The third-order valence-electron chi connectivity index (χ3n) is 2.49. The van der Waals surface area contributed by atoms with Gasteiger partial charge in [-0.3, -0.25) is 4.98 Å². The van der Waals surface area contributed by atoms with E-state index in [2.05, 4.69) is 29.1 Å². The van der Waals surface area contributed by atoms with Crippen LogP contribution < -0.4 is 11.1 Å². The standard InChI is InChI=1S/C9H14N4/c1-9(2)3-6(9)12-8-5-11-4-7(10)13-8/h4-6H,3H2,1-2H3,(H3,10,12,13). The average molecular weight is 178 g/mol. The van der Waals surface area contributed by atoms with Gasteiger partial charge in [0.2, 0.25) is 0 Å². The molecule has 1 aliphatic rings. The van der Waals surface area contributed by atoms with Crippen LogP contribution in [0.5, 0.6) is 0 Å². The van der Waals surface area contributed by atoms with Crippen molar-refractivity contribution in [3.8, 4) is 0 Å².